The maximum Gasteiger partial charge on any atom is 0.261 e. The Kier molecular flexibility index (Phi) is 5.46. The molecule has 0 aromatic heterocycles. The van der Waals surface area contributed by atoms with E-state index in [-0.39, 0.29) is 4.90 Å². The maximum absolute atomic E-state index is 12.7. The van der Waals surface area contributed by atoms with Crippen LogP contribution >= 0.6 is 11.6 Å². The molecule has 0 spiro atoms. The summed E-state index contributed by atoms with van der Waals surface area (Å²) in [6, 6.07) is 10.2. The lowest BCUT2D eigenvalue weighted by atomic mass is 9.86. The van der Waals surface area contributed by atoms with Gasteiger partial charge in [-0.25, -0.2) is 8.42 Å². The van der Waals surface area contributed by atoms with Gasteiger partial charge in [-0.05, 0) is 75.3 Å². The first-order valence-corrected chi connectivity index (χ1v) is 10.3. The van der Waals surface area contributed by atoms with Crippen molar-refractivity contribution in [2.45, 2.75) is 30.2 Å². The van der Waals surface area contributed by atoms with Gasteiger partial charge in [0, 0.05) is 16.6 Å². The number of sulfonamides is 1. The van der Waals surface area contributed by atoms with Crippen LogP contribution in [0.25, 0.3) is 0 Å². The van der Waals surface area contributed by atoms with Gasteiger partial charge in [-0.15, -0.1) is 0 Å². The Morgan fingerprint density at radius 1 is 1.12 bits per heavy atom. The number of fused-ring (bicyclic) bond motifs is 1. The van der Waals surface area contributed by atoms with Crippen molar-refractivity contribution < 1.29 is 13.2 Å². The molecule has 0 amide bonds. The molecule has 0 saturated heterocycles. The molecule has 1 N–H and O–H groups in total. The van der Waals surface area contributed by atoms with Crippen LogP contribution in [0.1, 0.15) is 17.5 Å². The first-order chi connectivity index (χ1) is 12.3. The van der Waals surface area contributed by atoms with E-state index in [4.69, 9.17) is 16.3 Å². The number of methoxy groups -OCH3 is 1. The van der Waals surface area contributed by atoms with E-state index in [1.165, 1.54) is 12.1 Å². The van der Waals surface area contributed by atoms with Crippen molar-refractivity contribution >= 4 is 27.3 Å². The van der Waals surface area contributed by atoms with Crippen molar-refractivity contribution in [3.05, 3.63) is 52.5 Å². The van der Waals surface area contributed by atoms with Crippen molar-refractivity contribution in [3.8, 4) is 5.75 Å². The Labute approximate surface area is 160 Å². The second kappa shape index (κ2) is 7.47. The number of ether oxygens (including phenoxy) is 1. The van der Waals surface area contributed by atoms with E-state index in [0.717, 1.165) is 36.1 Å². The predicted octanol–water partition coefficient (Wildman–Crippen LogP) is 3.57. The number of anilines is 1. The molecule has 0 saturated carbocycles. The molecule has 1 atom stereocenters. The minimum atomic E-state index is -3.67. The van der Waals surface area contributed by atoms with Gasteiger partial charge in [0.15, 0.2) is 0 Å². The number of nitrogens with one attached hydrogen (secondary N) is 1. The molecule has 1 aliphatic carbocycles. The van der Waals surface area contributed by atoms with Crippen molar-refractivity contribution in [2.24, 2.45) is 0 Å². The number of halogens is 1. The van der Waals surface area contributed by atoms with E-state index in [1.807, 2.05) is 6.07 Å². The molecule has 1 aliphatic rings. The van der Waals surface area contributed by atoms with Crippen LogP contribution in [-0.2, 0) is 22.9 Å². The molecule has 0 bridgehead atoms. The van der Waals surface area contributed by atoms with Crippen molar-refractivity contribution in [3.63, 3.8) is 0 Å². The highest BCUT2D eigenvalue weighted by Gasteiger charge is 2.26. The summed E-state index contributed by atoms with van der Waals surface area (Å²) in [5.41, 5.74) is 2.71. The SMILES string of the molecule is COc1ccc(NS(=O)(=O)c2ccc(Cl)cc2)c2c1C[C@@H](N(C)C)CC2. The molecule has 2 aromatic carbocycles. The van der Waals surface area contributed by atoms with E-state index in [1.54, 1.807) is 25.3 Å². The summed E-state index contributed by atoms with van der Waals surface area (Å²) in [6.45, 7) is 0. The van der Waals surface area contributed by atoms with E-state index < -0.39 is 10.0 Å². The third kappa shape index (κ3) is 3.82. The van der Waals surface area contributed by atoms with Crippen LogP contribution in [-0.4, -0.2) is 40.6 Å². The zero-order valence-electron chi connectivity index (χ0n) is 15.1. The first kappa shape index (κ1) is 19.0. The van der Waals surface area contributed by atoms with Crippen molar-refractivity contribution in [2.75, 3.05) is 25.9 Å². The standard InChI is InChI=1S/C19H23ClN2O3S/c1-22(2)14-6-9-16-17(12-14)19(25-3)11-10-18(16)21-26(23,24)15-7-4-13(20)5-8-15/h4-5,7-8,10-11,14,21H,6,9,12H2,1-3H3/t14-/m0/s1. The zero-order chi connectivity index (χ0) is 18.9. The second-order valence-corrected chi connectivity index (χ2v) is 8.81. The highest BCUT2D eigenvalue weighted by atomic mass is 35.5. The van der Waals surface area contributed by atoms with Crippen LogP contribution < -0.4 is 9.46 Å². The lowest BCUT2D eigenvalue weighted by molar-refractivity contribution is 0.265. The van der Waals surface area contributed by atoms with E-state index in [9.17, 15) is 8.42 Å². The minimum absolute atomic E-state index is 0.188. The molecule has 26 heavy (non-hydrogen) atoms. The van der Waals surface area contributed by atoms with Crippen LogP contribution in [0.2, 0.25) is 5.02 Å². The van der Waals surface area contributed by atoms with Crippen LogP contribution in [0, 0.1) is 0 Å². The van der Waals surface area contributed by atoms with Gasteiger partial charge in [0.2, 0.25) is 0 Å². The Morgan fingerprint density at radius 2 is 1.81 bits per heavy atom. The normalized spacial score (nSPS) is 17.0. The summed E-state index contributed by atoms with van der Waals surface area (Å²) < 4.78 is 33.7. The fourth-order valence-corrected chi connectivity index (χ4v) is 4.59. The molecule has 140 valence electrons. The monoisotopic (exact) mass is 394 g/mol. The number of benzene rings is 2. The van der Waals surface area contributed by atoms with Crippen LogP contribution in [0.4, 0.5) is 5.69 Å². The highest BCUT2D eigenvalue weighted by Crippen LogP contribution is 2.36. The quantitative estimate of drug-likeness (QED) is 0.842. The van der Waals surface area contributed by atoms with Gasteiger partial charge < -0.3 is 9.64 Å². The predicted molar refractivity (Wildman–Crippen MR) is 105 cm³/mol. The van der Waals surface area contributed by atoms with Crippen molar-refractivity contribution in [1.82, 2.24) is 4.90 Å². The summed E-state index contributed by atoms with van der Waals surface area (Å²) in [7, 11) is 2.10. The van der Waals surface area contributed by atoms with Gasteiger partial charge in [-0.2, -0.15) is 0 Å². The average Bonchev–Trinajstić information content (AvgIpc) is 2.61. The summed E-state index contributed by atoms with van der Waals surface area (Å²) in [6.07, 6.45) is 2.61. The molecule has 2 aromatic rings. The minimum Gasteiger partial charge on any atom is -0.496 e. The van der Waals surface area contributed by atoms with Crippen LogP contribution in [0.15, 0.2) is 41.3 Å². The number of nitrogens with zero attached hydrogens (tertiary/aromatic N) is 1. The third-order valence-corrected chi connectivity index (χ3v) is 6.51. The molecule has 0 unspecified atom stereocenters. The van der Waals surface area contributed by atoms with Gasteiger partial charge in [0.25, 0.3) is 10.0 Å². The molecule has 5 nitrogen and oxygen atoms in total. The van der Waals surface area contributed by atoms with Gasteiger partial charge in [0.05, 0.1) is 17.7 Å². The zero-order valence-corrected chi connectivity index (χ0v) is 16.7. The average molecular weight is 395 g/mol. The number of hydrogen-bond donors (Lipinski definition) is 1. The first-order valence-electron chi connectivity index (χ1n) is 8.45. The third-order valence-electron chi connectivity index (χ3n) is 4.87. The van der Waals surface area contributed by atoms with Gasteiger partial charge >= 0.3 is 0 Å². The number of likely N-dealkylation sites (N-methyl/N-ethyl adjacent to an activating group) is 1. The summed E-state index contributed by atoms with van der Waals surface area (Å²) in [4.78, 5) is 2.39. The van der Waals surface area contributed by atoms with E-state index in [2.05, 4.69) is 23.7 Å². The lowest BCUT2D eigenvalue weighted by Gasteiger charge is -2.32. The van der Waals surface area contributed by atoms with Gasteiger partial charge in [0.1, 0.15) is 5.75 Å². The lowest BCUT2D eigenvalue weighted by Crippen LogP contribution is -2.34. The van der Waals surface area contributed by atoms with Crippen molar-refractivity contribution in [1.29, 1.82) is 0 Å². The smallest absolute Gasteiger partial charge is 0.261 e. The molecule has 0 radical (unpaired) electrons. The Balaban J connectivity index is 1.97. The number of hydrogen-bond acceptors (Lipinski definition) is 4. The van der Waals surface area contributed by atoms with E-state index >= 15 is 0 Å². The highest BCUT2D eigenvalue weighted by molar-refractivity contribution is 7.92. The van der Waals surface area contributed by atoms with Gasteiger partial charge in [-0.1, -0.05) is 11.6 Å². The van der Waals surface area contributed by atoms with Crippen LogP contribution in [0.3, 0.4) is 0 Å². The topological polar surface area (TPSA) is 58.6 Å². The number of rotatable bonds is 5. The Morgan fingerprint density at radius 3 is 2.42 bits per heavy atom. The van der Waals surface area contributed by atoms with Gasteiger partial charge in [-0.3, -0.25) is 4.72 Å². The molecule has 7 heteroatoms. The summed E-state index contributed by atoms with van der Waals surface area (Å²) in [5.74, 6) is 0.806. The molecule has 0 heterocycles. The summed E-state index contributed by atoms with van der Waals surface area (Å²) >= 11 is 5.86. The van der Waals surface area contributed by atoms with E-state index in [0.29, 0.717) is 16.8 Å². The largest absolute Gasteiger partial charge is 0.496 e. The second-order valence-electron chi connectivity index (χ2n) is 6.69. The Bertz CT molecular complexity index is 896. The molecule has 3 rings (SSSR count). The Hall–Kier alpha value is -1.76. The molecule has 0 aliphatic heterocycles. The molecular weight excluding hydrogens is 372 g/mol. The molecule has 0 fully saturated rings. The molecular formula is C19H23ClN2O3S. The fraction of sp³-hybridized carbons (Fsp3) is 0.368. The summed E-state index contributed by atoms with van der Waals surface area (Å²) in [5, 5.41) is 0.500. The van der Waals surface area contributed by atoms with Crippen LogP contribution in [0.5, 0.6) is 5.75 Å². The maximum atomic E-state index is 12.7. The fourth-order valence-electron chi connectivity index (χ4n) is 3.37.